The summed E-state index contributed by atoms with van der Waals surface area (Å²) in [5.41, 5.74) is -0.593. The monoisotopic (exact) mass is 337 g/mol. The summed E-state index contributed by atoms with van der Waals surface area (Å²) >= 11 is 0. The number of Topliss-reactive ketones (excluding diaryl/α,β-unsaturated/α-hetero) is 1. The third-order valence-corrected chi connectivity index (χ3v) is 2.82. The highest BCUT2D eigenvalue weighted by Gasteiger charge is 2.16. The van der Waals surface area contributed by atoms with Crippen LogP contribution >= 0.6 is 0 Å². The van der Waals surface area contributed by atoms with E-state index in [1.165, 1.54) is 0 Å². The van der Waals surface area contributed by atoms with E-state index >= 15 is 0 Å². The molecule has 6 nitrogen and oxygen atoms in total. The topological polar surface area (TPSA) is 73.9 Å². The molecule has 0 aliphatic rings. The number of ketones is 1. The van der Waals surface area contributed by atoms with Crippen molar-refractivity contribution in [2.24, 2.45) is 0 Å². The highest BCUT2D eigenvalue weighted by atomic mass is 16.6. The van der Waals surface area contributed by atoms with Crippen molar-refractivity contribution in [3.8, 4) is 11.5 Å². The van der Waals surface area contributed by atoms with Crippen LogP contribution in [0.15, 0.2) is 24.3 Å². The number of ether oxygens (including phenoxy) is 3. The predicted molar refractivity (Wildman–Crippen MR) is 91.6 cm³/mol. The summed E-state index contributed by atoms with van der Waals surface area (Å²) < 4.78 is 16.0. The van der Waals surface area contributed by atoms with Gasteiger partial charge in [0, 0.05) is 0 Å². The van der Waals surface area contributed by atoms with Gasteiger partial charge in [0.25, 0.3) is 0 Å². The molecule has 0 fully saturated rings. The van der Waals surface area contributed by atoms with Crippen molar-refractivity contribution in [1.29, 1.82) is 0 Å². The van der Waals surface area contributed by atoms with E-state index in [4.69, 9.17) is 14.2 Å². The van der Waals surface area contributed by atoms with Gasteiger partial charge < -0.3 is 19.5 Å². The standard InChI is InChI=1S/C18H27NO5/c1-5-6-11-22-15-7-9-16(10-8-15)23-13-14(20)12-19-17(21)24-18(2,3)4/h7-10H,5-6,11-13H2,1-4H3,(H,19,21). The number of carbonyl (C=O) groups is 2. The van der Waals surface area contributed by atoms with Gasteiger partial charge in [0.2, 0.25) is 0 Å². The van der Waals surface area contributed by atoms with Crippen molar-refractivity contribution < 1.29 is 23.8 Å². The van der Waals surface area contributed by atoms with E-state index in [2.05, 4.69) is 12.2 Å². The summed E-state index contributed by atoms with van der Waals surface area (Å²) in [6, 6.07) is 7.09. The number of nitrogens with one attached hydrogen (secondary N) is 1. The summed E-state index contributed by atoms with van der Waals surface area (Å²) in [5, 5.41) is 2.40. The SMILES string of the molecule is CCCCOc1ccc(OCC(=O)CNC(=O)OC(C)(C)C)cc1. The molecule has 1 amide bonds. The maximum atomic E-state index is 11.7. The molecule has 0 saturated carbocycles. The van der Waals surface area contributed by atoms with Crippen molar-refractivity contribution in [2.75, 3.05) is 19.8 Å². The van der Waals surface area contributed by atoms with Crippen LogP contribution in [0.5, 0.6) is 11.5 Å². The molecule has 0 radical (unpaired) electrons. The largest absolute Gasteiger partial charge is 0.494 e. The Kier molecular flexibility index (Phi) is 8.09. The fourth-order valence-electron chi connectivity index (χ4n) is 1.67. The first-order chi connectivity index (χ1) is 11.3. The molecule has 1 aromatic rings. The van der Waals surface area contributed by atoms with E-state index in [9.17, 15) is 9.59 Å². The molecule has 0 unspecified atom stereocenters. The number of amides is 1. The zero-order valence-electron chi connectivity index (χ0n) is 14.9. The van der Waals surface area contributed by atoms with Gasteiger partial charge in [-0.3, -0.25) is 4.79 Å². The second-order valence-corrected chi connectivity index (χ2v) is 6.36. The van der Waals surface area contributed by atoms with Gasteiger partial charge in [-0.1, -0.05) is 13.3 Å². The number of alkyl carbamates (subject to hydrolysis) is 1. The first kappa shape index (κ1) is 19.8. The second kappa shape index (κ2) is 9.80. The lowest BCUT2D eigenvalue weighted by Gasteiger charge is -2.19. The van der Waals surface area contributed by atoms with E-state index in [0.29, 0.717) is 12.4 Å². The fourth-order valence-corrected chi connectivity index (χ4v) is 1.67. The van der Waals surface area contributed by atoms with Crippen LogP contribution in [0.1, 0.15) is 40.5 Å². The fraction of sp³-hybridized carbons (Fsp3) is 0.556. The molecule has 0 aromatic heterocycles. The Labute approximate surface area is 143 Å². The molecule has 24 heavy (non-hydrogen) atoms. The molecule has 0 saturated heterocycles. The first-order valence-electron chi connectivity index (χ1n) is 8.14. The number of benzene rings is 1. The zero-order chi connectivity index (χ0) is 18.0. The normalized spacial score (nSPS) is 10.8. The summed E-state index contributed by atoms with van der Waals surface area (Å²) in [5.74, 6) is 1.10. The van der Waals surface area contributed by atoms with E-state index in [-0.39, 0.29) is 18.9 Å². The Balaban J connectivity index is 2.27. The van der Waals surface area contributed by atoms with Crippen molar-refractivity contribution >= 4 is 11.9 Å². The maximum absolute atomic E-state index is 11.7. The van der Waals surface area contributed by atoms with Crippen LogP contribution in [0, 0.1) is 0 Å². The highest BCUT2D eigenvalue weighted by molar-refractivity contribution is 5.85. The number of hydrogen-bond donors (Lipinski definition) is 1. The van der Waals surface area contributed by atoms with Gasteiger partial charge in [0.05, 0.1) is 13.2 Å². The summed E-state index contributed by atoms with van der Waals surface area (Å²) in [6.45, 7) is 7.81. The van der Waals surface area contributed by atoms with Crippen LogP contribution in [0.2, 0.25) is 0 Å². The van der Waals surface area contributed by atoms with Crippen LogP contribution in [-0.2, 0) is 9.53 Å². The van der Waals surface area contributed by atoms with E-state index in [1.54, 1.807) is 45.0 Å². The smallest absolute Gasteiger partial charge is 0.408 e. The lowest BCUT2D eigenvalue weighted by atomic mass is 10.2. The average molecular weight is 337 g/mol. The van der Waals surface area contributed by atoms with Crippen LogP contribution in [-0.4, -0.2) is 37.2 Å². The number of carbonyl (C=O) groups excluding carboxylic acids is 2. The third-order valence-electron chi connectivity index (χ3n) is 2.82. The minimum absolute atomic E-state index is 0.119. The lowest BCUT2D eigenvalue weighted by molar-refractivity contribution is -0.120. The van der Waals surface area contributed by atoms with Gasteiger partial charge >= 0.3 is 6.09 Å². The molecular formula is C18H27NO5. The van der Waals surface area contributed by atoms with Crippen molar-refractivity contribution in [3.63, 3.8) is 0 Å². The molecule has 0 atom stereocenters. The van der Waals surface area contributed by atoms with Crippen LogP contribution in [0.3, 0.4) is 0 Å². The number of unbranched alkanes of at least 4 members (excludes halogenated alkanes) is 1. The molecule has 0 aliphatic carbocycles. The van der Waals surface area contributed by atoms with Gasteiger partial charge in [-0.25, -0.2) is 4.79 Å². The van der Waals surface area contributed by atoms with Crippen molar-refractivity contribution in [2.45, 2.75) is 46.1 Å². The Bertz CT molecular complexity index is 519. The minimum atomic E-state index is -0.621. The molecule has 0 heterocycles. The Morgan fingerprint density at radius 3 is 2.17 bits per heavy atom. The molecule has 1 aromatic carbocycles. The molecule has 1 rings (SSSR count). The van der Waals surface area contributed by atoms with E-state index < -0.39 is 11.7 Å². The van der Waals surface area contributed by atoms with Crippen LogP contribution in [0.4, 0.5) is 4.79 Å². The minimum Gasteiger partial charge on any atom is -0.494 e. The Morgan fingerprint density at radius 1 is 1.04 bits per heavy atom. The second-order valence-electron chi connectivity index (χ2n) is 6.36. The van der Waals surface area contributed by atoms with Crippen LogP contribution in [0.25, 0.3) is 0 Å². The van der Waals surface area contributed by atoms with Crippen molar-refractivity contribution in [3.05, 3.63) is 24.3 Å². The van der Waals surface area contributed by atoms with Gasteiger partial charge in [-0.15, -0.1) is 0 Å². The zero-order valence-corrected chi connectivity index (χ0v) is 14.9. The predicted octanol–water partition coefficient (Wildman–Crippen LogP) is 3.34. The molecule has 0 spiro atoms. The molecule has 0 bridgehead atoms. The Hall–Kier alpha value is -2.24. The van der Waals surface area contributed by atoms with Gasteiger partial charge in [-0.2, -0.15) is 0 Å². The first-order valence-corrected chi connectivity index (χ1v) is 8.14. The van der Waals surface area contributed by atoms with E-state index in [1.807, 2.05) is 0 Å². The average Bonchev–Trinajstić information content (AvgIpc) is 2.51. The molecule has 1 N–H and O–H groups in total. The van der Waals surface area contributed by atoms with Gasteiger partial charge in [0.15, 0.2) is 5.78 Å². The summed E-state index contributed by atoms with van der Waals surface area (Å²) in [7, 11) is 0. The number of rotatable bonds is 9. The lowest BCUT2D eigenvalue weighted by Crippen LogP contribution is -2.36. The molecule has 134 valence electrons. The molecule has 6 heteroatoms. The van der Waals surface area contributed by atoms with Gasteiger partial charge in [-0.05, 0) is 51.5 Å². The summed E-state index contributed by atoms with van der Waals surface area (Å²) in [4.78, 5) is 23.2. The number of hydrogen-bond acceptors (Lipinski definition) is 5. The molecular weight excluding hydrogens is 310 g/mol. The highest BCUT2D eigenvalue weighted by Crippen LogP contribution is 2.17. The van der Waals surface area contributed by atoms with E-state index in [0.717, 1.165) is 18.6 Å². The van der Waals surface area contributed by atoms with Gasteiger partial charge in [0.1, 0.15) is 23.7 Å². The Morgan fingerprint density at radius 2 is 1.62 bits per heavy atom. The summed E-state index contributed by atoms with van der Waals surface area (Å²) in [6.07, 6.45) is 1.47. The third kappa shape index (κ3) is 9.02. The maximum Gasteiger partial charge on any atom is 0.408 e. The quantitative estimate of drug-likeness (QED) is 0.700. The van der Waals surface area contributed by atoms with Crippen LogP contribution < -0.4 is 14.8 Å². The molecule has 0 aliphatic heterocycles. The van der Waals surface area contributed by atoms with Crippen molar-refractivity contribution in [1.82, 2.24) is 5.32 Å².